The molecule has 1 aromatic heterocycles. The van der Waals surface area contributed by atoms with E-state index in [0.29, 0.717) is 31.0 Å². The average molecular weight is 321 g/mol. The molecular formula is C19H19N3O2. The van der Waals surface area contributed by atoms with Gasteiger partial charge in [-0.25, -0.2) is 0 Å². The summed E-state index contributed by atoms with van der Waals surface area (Å²) in [6.45, 7) is 1.22. The second kappa shape index (κ2) is 6.84. The van der Waals surface area contributed by atoms with Crippen LogP contribution in [0.4, 0.5) is 0 Å². The van der Waals surface area contributed by atoms with Crippen LogP contribution in [-0.4, -0.2) is 16.2 Å². The summed E-state index contributed by atoms with van der Waals surface area (Å²) < 4.78 is 10.8. The summed E-state index contributed by atoms with van der Waals surface area (Å²) >= 11 is 0. The standard InChI is InChI=1S/C19H19N3O2/c1-2-4-14(5-3-1)12-23-16-8-6-15(7-9-16)17-10-18(17)20-11-19-21-13-22-24-19/h1-9,13,17-18,20H,10-12H2. The zero-order chi connectivity index (χ0) is 16.2. The molecule has 0 aliphatic heterocycles. The van der Waals surface area contributed by atoms with Gasteiger partial charge in [-0.15, -0.1) is 0 Å². The van der Waals surface area contributed by atoms with Gasteiger partial charge in [-0.1, -0.05) is 47.6 Å². The van der Waals surface area contributed by atoms with E-state index in [1.54, 1.807) is 0 Å². The van der Waals surface area contributed by atoms with Gasteiger partial charge in [0.05, 0.1) is 6.54 Å². The number of hydrogen-bond acceptors (Lipinski definition) is 5. The van der Waals surface area contributed by atoms with E-state index in [0.717, 1.165) is 12.2 Å². The van der Waals surface area contributed by atoms with Gasteiger partial charge in [-0.05, 0) is 29.7 Å². The molecule has 1 N–H and O–H groups in total. The third kappa shape index (κ3) is 3.63. The first-order chi connectivity index (χ1) is 11.9. The van der Waals surface area contributed by atoms with Crippen LogP contribution >= 0.6 is 0 Å². The van der Waals surface area contributed by atoms with Gasteiger partial charge < -0.3 is 14.6 Å². The van der Waals surface area contributed by atoms with Crippen LogP contribution in [0.25, 0.3) is 0 Å². The van der Waals surface area contributed by atoms with Gasteiger partial charge in [-0.2, -0.15) is 4.98 Å². The lowest BCUT2D eigenvalue weighted by atomic mass is 10.1. The molecule has 2 aromatic carbocycles. The molecule has 2 atom stereocenters. The topological polar surface area (TPSA) is 60.2 Å². The third-order valence-electron chi connectivity index (χ3n) is 4.27. The molecule has 1 fully saturated rings. The lowest BCUT2D eigenvalue weighted by molar-refractivity contribution is 0.306. The molecule has 24 heavy (non-hydrogen) atoms. The lowest BCUT2D eigenvalue weighted by Crippen LogP contribution is -2.17. The Kier molecular flexibility index (Phi) is 4.25. The fourth-order valence-corrected chi connectivity index (χ4v) is 2.83. The number of nitrogens with zero attached hydrogens (tertiary/aromatic N) is 2. The first kappa shape index (κ1) is 14.9. The Balaban J connectivity index is 1.27. The van der Waals surface area contributed by atoms with E-state index in [1.165, 1.54) is 17.5 Å². The highest BCUT2D eigenvalue weighted by Gasteiger charge is 2.38. The molecule has 1 aliphatic carbocycles. The second-order valence-electron chi connectivity index (χ2n) is 6.01. The molecule has 1 saturated carbocycles. The molecule has 1 aliphatic rings. The zero-order valence-corrected chi connectivity index (χ0v) is 13.3. The summed E-state index contributed by atoms with van der Waals surface area (Å²) in [6, 6.07) is 19.1. The molecule has 3 aromatic rings. The van der Waals surface area contributed by atoms with Crippen LogP contribution in [0.3, 0.4) is 0 Å². The van der Waals surface area contributed by atoms with Gasteiger partial charge in [0.1, 0.15) is 12.4 Å². The predicted octanol–water partition coefficient (Wildman–Crippen LogP) is 3.29. The van der Waals surface area contributed by atoms with E-state index in [9.17, 15) is 0 Å². The van der Waals surface area contributed by atoms with E-state index >= 15 is 0 Å². The van der Waals surface area contributed by atoms with Gasteiger partial charge in [0.2, 0.25) is 5.89 Å². The minimum absolute atomic E-state index is 0.480. The maximum atomic E-state index is 5.83. The van der Waals surface area contributed by atoms with Crippen molar-refractivity contribution in [2.75, 3.05) is 0 Å². The highest BCUT2D eigenvalue weighted by Crippen LogP contribution is 2.41. The van der Waals surface area contributed by atoms with Crippen LogP contribution in [0.2, 0.25) is 0 Å². The van der Waals surface area contributed by atoms with Crippen molar-refractivity contribution in [3.63, 3.8) is 0 Å². The summed E-state index contributed by atoms with van der Waals surface area (Å²) in [7, 11) is 0. The lowest BCUT2D eigenvalue weighted by Gasteiger charge is -2.07. The van der Waals surface area contributed by atoms with Crippen molar-refractivity contribution in [2.45, 2.75) is 31.5 Å². The van der Waals surface area contributed by atoms with Gasteiger partial charge in [0.25, 0.3) is 0 Å². The summed E-state index contributed by atoms with van der Waals surface area (Å²) in [5.41, 5.74) is 2.51. The highest BCUT2D eigenvalue weighted by molar-refractivity contribution is 5.34. The zero-order valence-electron chi connectivity index (χ0n) is 13.3. The maximum Gasteiger partial charge on any atom is 0.240 e. The van der Waals surface area contributed by atoms with E-state index < -0.39 is 0 Å². The molecule has 0 amide bonds. The Morgan fingerprint density at radius 2 is 1.92 bits per heavy atom. The number of nitrogens with one attached hydrogen (secondary N) is 1. The molecule has 0 radical (unpaired) electrons. The van der Waals surface area contributed by atoms with Crippen molar-refractivity contribution in [3.05, 3.63) is 77.9 Å². The molecule has 0 bridgehead atoms. The van der Waals surface area contributed by atoms with Crippen LogP contribution < -0.4 is 10.1 Å². The fraction of sp³-hybridized carbons (Fsp3) is 0.263. The van der Waals surface area contributed by atoms with Gasteiger partial charge in [0.15, 0.2) is 6.33 Å². The van der Waals surface area contributed by atoms with Crippen molar-refractivity contribution in [1.29, 1.82) is 0 Å². The molecule has 0 saturated heterocycles. The Morgan fingerprint density at radius 1 is 1.08 bits per heavy atom. The Bertz CT molecular complexity index is 757. The van der Waals surface area contributed by atoms with Crippen LogP contribution in [0.5, 0.6) is 5.75 Å². The number of ether oxygens (including phenoxy) is 1. The fourth-order valence-electron chi connectivity index (χ4n) is 2.83. The van der Waals surface area contributed by atoms with Crippen LogP contribution in [0.1, 0.15) is 29.4 Å². The minimum atomic E-state index is 0.480. The summed E-state index contributed by atoms with van der Waals surface area (Å²) in [5, 5.41) is 7.05. The largest absolute Gasteiger partial charge is 0.489 e. The van der Waals surface area contributed by atoms with Crippen molar-refractivity contribution in [3.8, 4) is 5.75 Å². The van der Waals surface area contributed by atoms with Crippen molar-refractivity contribution >= 4 is 0 Å². The molecular weight excluding hydrogens is 302 g/mol. The Labute approximate surface area is 140 Å². The average Bonchev–Trinajstić information content (AvgIpc) is 3.23. The summed E-state index contributed by atoms with van der Waals surface area (Å²) in [5.74, 6) is 2.08. The van der Waals surface area contributed by atoms with Crippen LogP contribution in [-0.2, 0) is 13.2 Å². The monoisotopic (exact) mass is 321 g/mol. The molecule has 5 nitrogen and oxygen atoms in total. The number of benzene rings is 2. The highest BCUT2D eigenvalue weighted by atomic mass is 16.5. The van der Waals surface area contributed by atoms with Gasteiger partial charge >= 0.3 is 0 Å². The van der Waals surface area contributed by atoms with E-state index in [1.807, 2.05) is 30.3 Å². The van der Waals surface area contributed by atoms with E-state index in [-0.39, 0.29) is 0 Å². The molecule has 4 rings (SSSR count). The van der Waals surface area contributed by atoms with Crippen molar-refractivity contribution < 1.29 is 9.26 Å². The van der Waals surface area contributed by atoms with Crippen molar-refractivity contribution in [1.82, 2.24) is 15.5 Å². The smallest absolute Gasteiger partial charge is 0.240 e. The minimum Gasteiger partial charge on any atom is -0.489 e. The Morgan fingerprint density at radius 3 is 2.67 bits per heavy atom. The van der Waals surface area contributed by atoms with Gasteiger partial charge in [0, 0.05) is 12.0 Å². The molecule has 2 unspecified atom stereocenters. The number of rotatable bonds is 7. The molecule has 0 spiro atoms. The van der Waals surface area contributed by atoms with E-state index in [2.05, 4.69) is 39.7 Å². The van der Waals surface area contributed by atoms with Crippen LogP contribution in [0.15, 0.2) is 65.4 Å². The number of aromatic nitrogens is 2. The van der Waals surface area contributed by atoms with E-state index in [4.69, 9.17) is 9.26 Å². The first-order valence-corrected chi connectivity index (χ1v) is 8.14. The summed E-state index contributed by atoms with van der Waals surface area (Å²) in [6.07, 6.45) is 2.56. The van der Waals surface area contributed by atoms with Crippen molar-refractivity contribution in [2.24, 2.45) is 0 Å². The quantitative estimate of drug-likeness (QED) is 0.723. The molecule has 1 heterocycles. The number of hydrogen-bond donors (Lipinski definition) is 1. The Hall–Kier alpha value is -2.66. The first-order valence-electron chi connectivity index (χ1n) is 8.14. The maximum absolute atomic E-state index is 5.83. The normalized spacial score (nSPS) is 19.2. The second-order valence-corrected chi connectivity index (χ2v) is 6.01. The van der Waals surface area contributed by atoms with Gasteiger partial charge in [-0.3, -0.25) is 0 Å². The van der Waals surface area contributed by atoms with Crippen LogP contribution in [0, 0.1) is 0 Å². The SMILES string of the molecule is c1ccc(COc2ccc(C3CC3NCc3ncno3)cc2)cc1. The summed E-state index contributed by atoms with van der Waals surface area (Å²) in [4.78, 5) is 4.01. The third-order valence-corrected chi connectivity index (χ3v) is 4.27. The molecule has 5 heteroatoms. The molecule has 122 valence electrons. The predicted molar refractivity (Wildman–Crippen MR) is 89.5 cm³/mol.